The molecule has 28 heavy (non-hydrogen) atoms. The first-order chi connectivity index (χ1) is 13.3. The SMILES string of the molecule is Cc1c(C(=O)N2C[C@@H]3CC[C@H]2CN(CC(=O)N(C)C)C3)[nH]c2c(F)cccc12. The van der Waals surface area contributed by atoms with E-state index in [0.29, 0.717) is 36.8 Å². The van der Waals surface area contributed by atoms with Crippen LogP contribution in [-0.4, -0.2) is 77.8 Å². The fraction of sp³-hybridized carbons (Fsp3) is 0.524. The summed E-state index contributed by atoms with van der Waals surface area (Å²) in [5, 5.41) is 0.751. The molecule has 1 aromatic heterocycles. The molecule has 1 N–H and O–H groups in total. The van der Waals surface area contributed by atoms with Gasteiger partial charge in [0, 0.05) is 45.2 Å². The first-order valence-corrected chi connectivity index (χ1v) is 9.85. The van der Waals surface area contributed by atoms with Gasteiger partial charge >= 0.3 is 0 Å². The number of likely N-dealkylation sites (N-methyl/N-ethyl adjacent to an activating group) is 1. The smallest absolute Gasteiger partial charge is 0.270 e. The standard InChI is InChI=1S/C21H27FN4O2/c1-13-16-5-4-6-17(22)20(16)23-19(13)21(28)26-10-14-7-8-15(26)11-25(9-14)12-18(27)24(2)3/h4-6,14-15,23H,7-12H2,1-3H3/t14-,15+/m1/s1. The maximum Gasteiger partial charge on any atom is 0.270 e. The number of nitrogens with one attached hydrogen (secondary N) is 1. The number of halogens is 1. The Kier molecular flexibility index (Phi) is 4.87. The highest BCUT2D eigenvalue weighted by Crippen LogP contribution is 2.31. The number of benzene rings is 1. The number of para-hydroxylation sites is 1. The zero-order valence-electron chi connectivity index (χ0n) is 16.7. The van der Waals surface area contributed by atoms with Crippen molar-refractivity contribution in [3.63, 3.8) is 0 Å². The maximum atomic E-state index is 14.1. The first-order valence-electron chi connectivity index (χ1n) is 9.85. The molecule has 0 radical (unpaired) electrons. The van der Waals surface area contributed by atoms with Gasteiger partial charge in [0.2, 0.25) is 5.91 Å². The Labute approximate surface area is 164 Å². The third-order valence-corrected chi connectivity index (χ3v) is 6.16. The zero-order valence-corrected chi connectivity index (χ0v) is 16.7. The normalized spacial score (nSPS) is 22.5. The molecule has 2 bridgehead atoms. The molecule has 3 saturated heterocycles. The van der Waals surface area contributed by atoms with E-state index in [1.165, 1.54) is 6.07 Å². The van der Waals surface area contributed by atoms with Gasteiger partial charge < -0.3 is 14.8 Å². The van der Waals surface area contributed by atoms with Crippen molar-refractivity contribution in [1.82, 2.24) is 19.7 Å². The zero-order chi connectivity index (χ0) is 20.0. The highest BCUT2D eigenvalue weighted by molar-refractivity contribution is 6.01. The number of fused-ring (bicyclic) bond motifs is 5. The Morgan fingerprint density at radius 3 is 2.71 bits per heavy atom. The summed E-state index contributed by atoms with van der Waals surface area (Å²) < 4.78 is 14.1. The van der Waals surface area contributed by atoms with E-state index in [1.54, 1.807) is 25.1 Å². The van der Waals surface area contributed by atoms with Crippen LogP contribution in [0.25, 0.3) is 10.9 Å². The second kappa shape index (κ2) is 7.20. The summed E-state index contributed by atoms with van der Waals surface area (Å²) in [7, 11) is 3.53. The molecule has 1 aromatic carbocycles. The van der Waals surface area contributed by atoms with Gasteiger partial charge in [-0.05, 0) is 37.3 Å². The van der Waals surface area contributed by atoms with Crippen LogP contribution in [-0.2, 0) is 4.79 Å². The summed E-state index contributed by atoms with van der Waals surface area (Å²) in [4.78, 5) is 34.2. The molecule has 7 heteroatoms. The lowest BCUT2D eigenvalue weighted by molar-refractivity contribution is -0.129. The molecule has 150 valence electrons. The Morgan fingerprint density at radius 1 is 1.21 bits per heavy atom. The lowest BCUT2D eigenvalue weighted by Gasteiger charge is -2.36. The van der Waals surface area contributed by atoms with Crippen molar-refractivity contribution in [1.29, 1.82) is 0 Å². The van der Waals surface area contributed by atoms with E-state index in [2.05, 4.69) is 9.88 Å². The van der Waals surface area contributed by atoms with E-state index in [1.807, 2.05) is 17.9 Å². The number of aryl methyl sites for hydroxylation is 1. The third kappa shape index (κ3) is 3.28. The van der Waals surface area contributed by atoms with Crippen LogP contribution in [0, 0.1) is 18.7 Å². The van der Waals surface area contributed by atoms with Crippen LogP contribution in [0.5, 0.6) is 0 Å². The van der Waals surface area contributed by atoms with Crippen LogP contribution in [0.2, 0.25) is 0 Å². The van der Waals surface area contributed by atoms with Crippen LogP contribution >= 0.6 is 0 Å². The van der Waals surface area contributed by atoms with E-state index in [-0.39, 0.29) is 23.7 Å². The number of piperidine rings is 1. The fourth-order valence-electron chi connectivity index (χ4n) is 4.56. The van der Waals surface area contributed by atoms with Gasteiger partial charge in [0.05, 0.1) is 12.1 Å². The minimum atomic E-state index is -0.342. The van der Waals surface area contributed by atoms with Gasteiger partial charge in [0.1, 0.15) is 11.5 Å². The minimum Gasteiger partial charge on any atom is -0.348 e. The average molecular weight is 386 g/mol. The van der Waals surface area contributed by atoms with Crippen molar-refractivity contribution in [2.24, 2.45) is 5.92 Å². The highest BCUT2D eigenvalue weighted by Gasteiger charge is 2.38. The average Bonchev–Trinajstić information content (AvgIpc) is 2.80. The number of H-pyrrole nitrogens is 1. The number of hydrogen-bond acceptors (Lipinski definition) is 3. The molecule has 3 aliphatic rings. The highest BCUT2D eigenvalue weighted by atomic mass is 19.1. The van der Waals surface area contributed by atoms with Gasteiger partial charge in [0.25, 0.3) is 5.91 Å². The molecule has 4 heterocycles. The molecule has 0 aliphatic carbocycles. The quantitative estimate of drug-likeness (QED) is 0.880. The molecule has 3 aliphatic heterocycles. The predicted octanol–water partition coefficient (Wildman–Crippen LogP) is 2.24. The lowest BCUT2D eigenvalue weighted by atomic mass is 9.94. The molecule has 6 nitrogen and oxygen atoms in total. The van der Waals surface area contributed by atoms with Crippen LogP contribution in [0.1, 0.15) is 28.9 Å². The maximum absolute atomic E-state index is 14.1. The first kappa shape index (κ1) is 18.9. The van der Waals surface area contributed by atoms with Gasteiger partial charge in [-0.2, -0.15) is 0 Å². The summed E-state index contributed by atoms with van der Waals surface area (Å²) in [5.74, 6) is 0.0363. The van der Waals surface area contributed by atoms with Gasteiger partial charge in [-0.3, -0.25) is 14.5 Å². The summed E-state index contributed by atoms with van der Waals surface area (Å²) in [6, 6.07) is 4.99. The van der Waals surface area contributed by atoms with Gasteiger partial charge in [-0.1, -0.05) is 12.1 Å². The van der Waals surface area contributed by atoms with Crippen molar-refractivity contribution in [3.8, 4) is 0 Å². The Morgan fingerprint density at radius 2 is 2.00 bits per heavy atom. The minimum absolute atomic E-state index is 0.0661. The number of aromatic amines is 1. The van der Waals surface area contributed by atoms with Crippen LogP contribution in [0.4, 0.5) is 4.39 Å². The molecule has 0 unspecified atom stereocenters. The molecule has 5 rings (SSSR count). The topological polar surface area (TPSA) is 59.7 Å². The summed E-state index contributed by atoms with van der Waals surface area (Å²) in [5.41, 5.74) is 1.66. The second-order valence-electron chi connectivity index (χ2n) is 8.32. The molecule has 0 spiro atoms. The van der Waals surface area contributed by atoms with E-state index in [4.69, 9.17) is 0 Å². The summed E-state index contributed by atoms with van der Waals surface area (Å²) in [6.45, 7) is 4.48. The van der Waals surface area contributed by atoms with Gasteiger partial charge in [0.15, 0.2) is 0 Å². The molecule has 2 amide bonds. The van der Waals surface area contributed by atoms with Crippen LogP contribution < -0.4 is 0 Å². The number of carbonyl (C=O) groups is 2. The number of rotatable bonds is 3. The predicted molar refractivity (Wildman–Crippen MR) is 106 cm³/mol. The molecule has 3 fully saturated rings. The Balaban J connectivity index is 1.58. The monoisotopic (exact) mass is 386 g/mol. The number of aromatic nitrogens is 1. The summed E-state index contributed by atoms with van der Waals surface area (Å²) >= 11 is 0. The fourth-order valence-corrected chi connectivity index (χ4v) is 4.56. The molecule has 0 saturated carbocycles. The number of carbonyl (C=O) groups excluding carboxylic acids is 2. The molecular formula is C21H27FN4O2. The molecule has 2 aromatic rings. The van der Waals surface area contributed by atoms with Crippen LogP contribution in [0.3, 0.4) is 0 Å². The van der Waals surface area contributed by atoms with E-state index < -0.39 is 0 Å². The van der Waals surface area contributed by atoms with E-state index >= 15 is 0 Å². The van der Waals surface area contributed by atoms with Crippen molar-refractivity contribution < 1.29 is 14.0 Å². The van der Waals surface area contributed by atoms with Crippen molar-refractivity contribution in [2.75, 3.05) is 40.3 Å². The third-order valence-electron chi connectivity index (χ3n) is 6.16. The lowest BCUT2D eigenvalue weighted by Crippen LogP contribution is -2.48. The summed E-state index contributed by atoms with van der Waals surface area (Å²) in [6.07, 6.45) is 2.01. The van der Waals surface area contributed by atoms with Gasteiger partial charge in [-0.25, -0.2) is 4.39 Å². The Hall–Kier alpha value is -2.41. The van der Waals surface area contributed by atoms with E-state index in [9.17, 15) is 14.0 Å². The van der Waals surface area contributed by atoms with Gasteiger partial charge in [-0.15, -0.1) is 0 Å². The van der Waals surface area contributed by atoms with Crippen LogP contribution in [0.15, 0.2) is 18.2 Å². The van der Waals surface area contributed by atoms with Crippen molar-refractivity contribution in [3.05, 3.63) is 35.3 Å². The largest absolute Gasteiger partial charge is 0.348 e. The second-order valence-corrected chi connectivity index (χ2v) is 8.32. The van der Waals surface area contributed by atoms with Crippen molar-refractivity contribution >= 4 is 22.7 Å². The number of nitrogens with zero attached hydrogens (tertiary/aromatic N) is 3. The Bertz CT molecular complexity index is 923. The molecule has 2 atom stereocenters. The van der Waals surface area contributed by atoms with E-state index in [0.717, 1.165) is 30.3 Å². The number of amides is 2. The molecular weight excluding hydrogens is 359 g/mol. The van der Waals surface area contributed by atoms with Crippen molar-refractivity contribution in [2.45, 2.75) is 25.8 Å². The number of hydrogen-bond donors (Lipinski definition) is 1.